The second kappa shape index (κ2) is 6.27. The molecule has 0 aliphatic heterocycles. The van der Waals surface area contributed by atoms with Gasteiger partial charge in [0.15, 0.2) is 0 Å². The molecule has 19 heavy (non-hydrogen) atoms. The van der Waals surface area contributed by atoms with Crippen molar-refractivity contribution in [1.29, 1.82) is 0 Å². The van der Waals surface area contributed by atoms with Crippen molar-refractivity contribution in [2.75, 3.05) is 0 Å². The van der Waals surface area contributed by atoms with Gasteiger partial charge in [-0.3, -0.25) is 0 Å². The van der Waals surface area contributed by atoms with Crippen LogP contribution in [-0.4, -0.2) is 0 Å². The number of aryl methyl sites for hydroxylation is 1. The molecule has 0 fully saturated rings. The van der Waals surface area contributed by atoms with Crippen LogP contribution < -0.4 is 5.73 Å². The van der Waals surface area contributed by atoms with Gasteiger partial charge in [0.2, 0.25) is 0 Å². The van der Waals surface area contributed by atoms with Crippen molar-refractivity contribution < 1.29 is 0 Å². The lowest BCUT2D eigenvalue weighted by Gasteiger charge is -2.16. The summed E-state index contributed by atoms with van der Waals surface area (Å²) in [5.41, 5.74) is 9.56. The van der Waals surface area contributed by atoms with Crippen LogP contribution in [0.1, 0.15) is 22.7 Å². The van der Waals surface area contributed by atoms with Gasteiger partial charge in [-0.25, -0.2) is 0 Å². The van der Waals surface area contributed by atoms with Crippen LogP contribution in [0.15, 0.2) is 40.9 Å². The first-order valence-electron chi connectivity index (χ1n) is 5.93. The van der Waals surface area contributed by atoms with Crippen molar-refractivity contribution in [2.45, 2.75) is 19.4 Å². The zero-order valence-corrected chi connectivity index (χ0v) is 13.6. The zero-order chi connectivity index (χ0) is 14.0. The van der Waals surface area contributed by atoms with Crippen molar-refractivity contribution in [3.8, 4) is 0 Å². The molecule has 0 saturated heterocycles. The molecule has 0 radical (unpaired) electrons. The van der Waals surface area contributed by atoms with E-state index >= 15 is 0 Å². The Kier molecular flexibility index (Phi) is 4.91. The third-order valence-corrected chi connectivity index (χ3v) is 4.19. The van der Waals surface area contributed by atoms with E-state index in [-0.39, 0.29) is 6.04 Å². The van der Waals surface area contributed by atoms with E-state index in [1.54, 1.807) is 12.1 Å². The second-order valence-corrected chi connectivity index (χ2v) is 6.31. The van der Waals surface area contributed by atoms with Gasteiger partial charge in [-0.1, -0.05) is 45.2 Å². The first-order chi connectivity index (χ1) is 8.97. The number of nitrogens with two attached hydrogens (primary N) is 1. The molecule has 2 N–H and O–H groups in total. The predicted octanol–water partition coefficient (Wildman–Crippen LogP) is 5.31. The minimum Gasteiger partial charge on any atom is -0.324 e. The molecule has 2 aromatic rings. The maximum atomic E-state index is 6.29. The molecule has 1 unspecified atom stereocenters. The minimum absolute atomic E-state index is 0.103. The Hall–Kier alpha value is -0.540. The summed E-state index contributed by atoms with van der Waals surface area (Å²) < 4.78 is 1.03. The van der Waals surface area contributed by atoms with Crippen molar-refractivity contribution in [1.82, 2.24) is 0 Å². The number of benzene rings is 2. The largest absolute Gasteiger partial charge is 0.324 e. The lowest BCUT2D eigenvalue weighted by molar-refractivity contribution is 0.716. The summed E-state index contributed by atoms with van der Waals surface area (Å²) in [7, 11) is 0. The SMILES string of the molecule is Cc1ccc(Br)cc1C(N)Cc1cc(Cl)ccc1Cl. The molecule has 0 bridgehead atoms. The molecule has 0 saturated carbocycles. The Morgan fingerprint density at radius 2 is 1.89 bits per heavy atom. The lowest BCUT2D eigenvalue weighted by Crippen LogP contribution is -2.15. The van der Waals surface area contributed by atoms with E-state index in [4.69, 9.17) is 28.9 Å². The highest BCUT2D eigenvalue weighted by Gasteiger charge is 2.12. The topological polar surface area (TPSA) is 26.0 Å². The number of halogens is 3. The van der Waals surface area contributed by atoms with Gasteiger partial charge in [-0.15, -0.1) is 0 Å². The monoisotopic (exact) mass is 357 g/mol. The van der Waals surface area contributed by atoms with E-state index < -0.39 is 0 Å². The molecule has 100 valence electrons. The van der Waals surface area contributed by atoms with Gasteiger partial charge in [0.1, 0.15) is 0 Å². The summed E-state index contributed by atoms with van der Waals surface area (Å²) in [5, 5.41) is 1.38. The van der Waals surface area contributed by atoms with E-state index in [2.05, 4.69) is 35.0 Å². The molecule has 0 amide bonds. The maximum Gasteiger partial charge on any atom is 0.0439 e. The van der Waals surface area contributed by atoms with Gasteiger partial charge >= 0.3 is 0 Å². The number of hydrogen-bond donors (Lipinski definition) is 1. The third-order valence-electron chi connectivity index (χ3n) is 3.09. The third kappa shape index (κ3) is 3.73. The normalized spacial score (nSPS) is 12.5. The molecular formula is C15H14BrCl2N. The first-order valence-corrected chi connectivity index (χ1v) is 7.48. The van der Waals surface area contributed by atoms with Gasteiger partial charge in [0.25, 0.3) is 0 Å². The Balaban J connectivity index is 2.27. The quantitative estimate of drug-likeness (QED) is 0.790. The van der Waals surface area contributed by atoms with Crippen LogP contribution in [0.5, 0.6) is 0 Å². The van der Waals surface area contributed by atoms with E-state index in [0.29, 0.717) is 16.5 Å². The summed E-state index contributed by atoms with van der Waals surface area (Å²) in [4.78, 5) is 0. The lowest BCUT2D eigenvalue weighted by atomic mass is 9.96. The summed E-state index contributed by atoms with van der Waals surface area (Å²) in [5.74, 6) is 0. The average Bonchev–Trinajstić information content (AvgIpc) is 2.36. The second-order valence-electron chi connectivity index (χ2n) is 4.55. The van der Waals surface area contributed by atoms with E-state index in [1.807, 2.05) is 12.1 Å². The van der Waals surface area contributed by atoms with E-state index in [0.717, 1.165) is 15.6 Å². The van der Waals surface area contributed by atoms with Gasteiger partial charge < -0.3 is 5.73 Å². The van der Waals surface area contributed by atoms with Crippen molar-refractivity contribution in [2.24, 2.45) is 5.73 Å². The molecule has 0 aliphatic carbocycles. The first kappa shape index (κ1) is 14.9. The van der Waals surface area contributed by atoms with Crippen LogP contribution in [-0.2, 0) is 6.42 Å². The van der Waals surface area contributed by atoms with Crippen LogP contribution in [0.3, 0.4) is 0 Å². The summed E-state index contributed by atoms with van der Waals surface area (Å²) >= 11 is 15.6. The molecule has 4 heteroatoms. The van der Waals surface area contributed by atoms with Gasteiger partial charge in [0.05, 0.1) is 0 Å². The highest BCUT2D eigenvalue weighted by molar-refractivity contribution is 9.10. The predicted molar refractivity (Wildman–Crippen MR) is 86.0 cm³/mol. The highest BCUT2D eigenvalue weighted by atomic mass is 79.9. The molecule has 0 heterocycles. The van der Waals surface area contributed by atoms with E-state index in [1.165, 1.54) is 5.56 Å². The van der Waals surface area contributed by atoms with E-state index in [9.17, 15) is 0 Å². The zero-order valence-electron chi connectivity index (χ0n) is 10.5. The maximum absolute atomic E-state index is 6.29. The Labute approximate surface area is 131 Å². The number of hydrogen-bond acceptors (Lipinski definition) is 1. The van der Waals surface area contributed by atoms with Crippen LogP contribution in [0.25, 0.3) is 0 Å². The smallest absolute Gasteiger partial charge is 0.0439 e. The Morgan fingerprint density at radius 3 is 2.63 bits per heavy atom. The summed E-state index contributed by atoms with van der Waals surface area (Å²) in [6, 6.07) is 11.5. The van der Waals surface area contributed by atoms with Crippen LogP contribution in [0.4, 0.5) is 0 Å². The molecule has 0 aromatic heterocycles. The number of rotatable bonds is 3. The molecule has 1 nitrogen and oxygen atoms in total. The van der Waals surface area contributed by atoms with Gasteiger partial charge in [-0.2, -0.15) is 0 Å². The van der Waals surface area contributed by atoms with Crippen LogP contribution in [0, 0.1) is 6.92 Å². The fourth-order valence-electron chi connectivity index (χ4n) is 2.06. The molecule has 2 rings (SSSR count). The molecule has 1 atom stereocenters. The highest BCUT2D eigenvalue weighted by Crippen LogP contribution is 2.27. The Bertz CT molecular complexity index is 599. The fraction of sp³-hybridized carbons (Fsp3) is 0.200. The molecule has 0 spiro atoms. The van der Waals surface area contributed by atoms with Crippen molar-refractivity contribution >= 4 is 39.1 Å². The Morgan fingerprint density at radius 1 is 1.16 bits per heavy atom. The standard InChI is InChI=1S/C15H14BrCl2N/c1-9-2-3-11(16)8-13(9)15(19)7-10-6-12(17)4-5-14(10)18/h2-6,8,15H,7,19H2,1H3. The van der Waals surface area contributed by atoms with Crippen LogP contribution in [0.2, 0.25) is 10.0 Å². The van der Waals surface area contributed by atoms with Gasteiger partial charge in [-0.05, 0) is 60.4 Å². The average molecular weight is 359 g/mol. The molecular weight excluding hydrogens is 345 g/mol. The van der Waals surface area contributed by atoms with Gasteiger partial charge in [0, 0.05) is 20.6 Å². The minimum atomic E-state index is -0.103. The van der Waals surface area contributed by atoms with Crippen molar-refractivity contribution in [3.05, 3.63) is 67.6 Å². The molecule has 0 aliphatic rings. The summed E-state index contributed by atoms with van der Waals surface area (Å²) in [6.45, 7) is 2.06. The molecule has 2 aromatic carbocycles. The van der Waals surface area contributed by atoms with Crippen LogP contribution >= 0.6 is 39.1 Å². The fourth-order valence-corrected chi connectivity index (χ4v) is 2.83. The van der Waals surface area contributed by atoms with Crippen molar-refractivity contribution in [3.63, 3.8) is 0 Å². The summed E-state index contributed by atoms with van der Waals surface area (Å²) in [6.07, 6.45) is 0.663.